The Morgan fingerprint density at radius 3 is 2.54 bits per heavy atom. The van der Waals surface area contributed by atoms with Crippen LogP contribution in [0.25, 0.3) is 11.0 Å². The summed E-state index contributed by atoms with van der Waals surface area (Å²) >= 11 is 0. The van der Waals surface area contributed by atoms with Crippen molar-refractivity contribution in [2.45, 2.75) is 31.3 Å². The molecule has 2 aliphatic rings. The SMILES string of the molecule is Cl.NC1CCN(c2nc3c(cc2F)c(=O)n(N)c(=O)n3C2CC2)C1. The van der Waals surface area contributed by atoms with E-state index in [4.69, 9.17) is 11.6 Å². The number of anilines is 1. The van der Waals surface area contributed by atoms with Crippen molar-refractivity contribution in [2.75, 3.05) is 23.8 Å². The first-order valence-electron chi connectivity index (χ1n) is 7.61. The molecule has 2 fully saturated rings. The number of aromatic nitrogens is 3. The average Bonchev–Trinajstić information content (AvgIpc) is 3.26. The molecule has 8 nitrogen and oxygen atoms in total. The van der Waals surface area contributed by atoms with Gasteiger partial charge in [0.1, 0.15) is 0 Å². The van der Waals surface area contributed by atoms with Crippen molar-refractivity contribution in [3.63, 3.8) is 0 Å². The zero-order chi connectivity index (χ0) is 16.3. The summed E-state index contributed by atoms with van der Waals surface area (Å²) in [5.41, 5.74) is 4.70. The summed E-state index contributed by atoms with van der Waals surface area (Å²) in [5, 5.41) is 0.0174. The molecule has 2 aromatic heterocycles. The number of nitrogens with two attached hydrogens (primary N) is 2. The number of halogens is 2. The zero-order valence-corrected chi connectivity index (χ0v) is 13.6. The van der Waals surface area contributed by atoms with Crippen LogP contribution >= 0.6 is 12.4 Å². The van der Waals surface area contributed by atoms with Gasteiger partial charge < -0.3 is 16.5 Å². The number of hydrogen-bond donors (Lipinski definition) is 2. The summed E-state index contributed by atoms with van der Waals surface area (Å²) in [5.74, 6) is 5.06. The molecule has 0 radical (unpaired) electrons. The van der Waals surface area contributed by atoms with E-state index in [0.29, 0.717) is 17.8 Å². The van der Waals surface area contributed by atoms with Crippen LogP contribution in [0.4, 0.5) is 10.2 Å². The average molecular weight is 357 g/mol. The Labute approximate surface area is 142 Å². The first-order valence-corrected chi connectivity index (χ1v) is 7.61. The van der Waals surface area contributed by atoms with Gasteiger partial charge >= 0.3 is 5.69 Å². The summed E-state index contributed by atoms with van der Waals surface area (Å²) in [6.45, 7) is 1.09. The summed E-state index contributed by atoms with van der Waals surface area (Å²) < 4.78 is 16.4. The lowest BCUT2D eigenvalue weighted by molar-refractivity contribution is 0.610. The Morgan fingerprint density at radius 1 is 1.25 bits per heavy atom. The summed E-state index contributed by atoms with van der Waals surface area (Å²) in [6.07, 6.45) is 2.38. The molecule has 4 rings (SSSR count). The third-order valence-corrected chi connectivity index (χ3v) is 4.46. The molecule has 1 atom stereocenters. The second-order valence-electron chi connectivity index (χ2n) is 6.22. The van der Waals surface area contributed by atoms with E-state index in [-0.39, 0.29) is 41.3 Å². The minimum Gasteiger partial charge on any atom is -0.353 e. The van der Waals surface area contributed by atoms with E-state index in [9.17, 15) is 14.0 Å². The van der Waals surface area contributed by atoms with Crippen LogP contribution in [0.15, 0.2) is 15.7 Å². The van der Waals surface area contributed by atoms with Crippen LogP contribution in [0, 0.1) is 5.82 Å². The molecule has 0 spiro atoms. The van der Waals surface area contributed by atoms with Crippen molar-refractivity contribution >= 4 is 29.3 Å². The Bertz CT molecular complexity index is 922. The first-order chi connectivity index (χ1) is 11.0. The van der Waals surface area contributed by atoms with E-state index in [0.717, 1.165) is 25.3 Å². The van der Waals surface area contributed by atoms with Crippen LogP contribution in [-0.2, 0) is 0 Å². The molecule has 10 heteroatoms. The lowest BCUT2D eigenvalue weighted by Crippen LogP contribution is -2.45. The van der Waals surface area contributed by atoms with Crippen LogP contribution in [0.2, 0.25) is 0 Å². The van der Waals surface area contributed by atoms with Gasteiger partial charge in [-0.05, 0) is 25.3 Å². The van der Waals surface area contributed by atoms with Gasteiger partial charge in [-0.1, -0.05) is 0 Å². The van der Waals surface area contributed by atoms with Gasteiger partial charge in [0.15, 0.2) is 17.3 Å². The van der Waals surface area contributed by atoms with Gasteiger partial charge in [-0.25, -0.2) is 14.2 Å². The minimum absolute atomic E-state index is 0. The molecule has 4 N–H and O–H groups in total. The van der Waals surface area contributed by atoms with Crippen molar-refractivity contribution in [1.82, 2.24) is 14.2 Å². The maximum absolute atomic E-state index is 14.4. The minimum atomic E-state index is -0.738. The molecular weight excluding hydrogens is 339 g/mol. The highest BCUT2D eigenvalue weighted by Crippen LogP contribution is 2.35. The number of fused-ring (bicyclic) bond motifs is 1. The standard InChI is InChI=1S/C14H17FN6O2.ClH/c15-10-5-9-11(18-12(10)19-4-3-7(16)6-19)20(8-1-2-8)14(23)21(17)13(9)22;/h5,7-8H,1-4,6,16-17H2;1H. The van der Waals surface area contributed by atoms with Crippen molar-refractivity contribution in [3.8, 4) is 0 Å². The third-order valence-electron chi connectivity index (χ3n) is 4.46. The van der Waals surface area contributed by atoms with Crippen molar-refractivity contribution in [2.24, 2.45) is 5.73 Å². The van der Waals surface area contributed by atoms with E-state index in [2.05, 4.69) is 4.98 Å². The maximum Gasteiger partial charge on any atom is 0.351 e. The van der Waals surface area contributed by atoms with E-state index in [1.54, 1.807) is 4.90 Å². The van der Waals surface area contributed by atoms with Gasteiger partial charge in [0, 0.05) is 25.2 Å². The Morgan fingerprint density at radius 2 is 1.96 bits per heavy atom. The lowest BCUT2D eigenvalue weighted by atomic mass is 10.3. The van der Waals surface area contributed by atoms with Crippen molar-refractivity contribution in [1.29, 1.82) is 0 Å². The lowest BCUT2D eigenvalue weighted by Gasteiger charge is -2.19. The van der Waals surface area contributed by atoms with E-state index in [1.165, 1.54) is 4.57 Å². The number of pyridine rings is 1. The smallest absolute Gasteiger partial charge is 0.351 e. The monoisotopic (exact) mass is 356 g/mol. The predicted octanol–water partition coefficient (Wildman–Crippen LogP) is -0.295. The number of rotatable bonds is 2. The molecule has 2 aromatic rings. The first kappa shape index (κ1) is 16.7. The van der Waals surface area contributed by atoms with Crippen LogP contribution < -0.4 is 27.7 Å². The molecule has 0 aromatic carbocycles. The van der Waals surface area contributed by atoms with E-state index in [1.807, 2.05) is 0 Å². The molecule has 1 aliphatic heterocycles. The van der Waals surface area contributed by atoms with Crippen molar-refractivity contribution < 1.29 is 4.39 Å². The highest BCUT2D eigenvalue weighted by Gasteiger charge is 2.30. The summed E-state index contributed by atoms with van der Waals surface area (Å²) in [7, 11) is 0. The van der Waals surface area contributed by atoms with Crippen LogP contribution in [0.3, 0.4) is 0 Å². The second kappa shape index (κ2) is 5.75. The molecule has 1 saturated heterocycles. The maximum atomic E-state index is 14.4. The molecule has 1 unspecified atom stereocenters. The van der Waals surface area contributed by atoms with Crippen LogP contribution in [0.5, 0.6) is 0 Å². The normalized spacial score (nSPS) is 20.4. The molecule has 1 aliphatic carbocycles. The quantitative estimate of drug-likeness (QED) is 0.715. The molecule has 0 bridgehead atoms. The molecule has 1 saturated carbocycles. The molecule has 0 amide bonds. The molecule has 130 valence electrons. The van der Waals surface area contributed by atoms with Gasteiger partial charge in [0.2, 0.25) is 0 Å². The Kier molecular flexibility index (Phi) is 4.00. The largest absolute Gasteiger partial charge is 0.353 e. The Balaban J connectivity index is 0.00000169. The fraction of sp³-hybridized carbons (Fsp3) is 0.500. The second-order valence-corrected chi connectivity index (χ2v) is 6.22. The number of nitrogen functional groups attached to an aromatic ring is 1. The van der Waals surface area contributed by atoms with Gasteiger partial charge in [-0.2, -0.15) is 4.68 Å². The van der Waals surface area contributed by atoms with Gasteiger partial charge in [-0.15, -0.1) is 12.4 Å². The summed E-state index contributed by atoms with van der Waals surface area (Å²) in [4.78, 5) is 30.5. The number of hydrogen-bond acceptors (Lipinski definition) is 6. The molecular formula is C14H18ClFN6O2. The fourth-order valence-corrected chi connectivity index (χ4v) is 3.10. The molecule has 3 heterocycles. The highest BCUT2D eigenvalue weighted by atomic mass is 35.5. The van der Waals surface area contributed by atoms with Crippen LogP contribution in [-0.4, -0.2) is 33.4 Å². The van der Waals surface area contributed by atoms with E-state index < -0.39 is 17.1 Å². The summed E-state index contributed by atoms with van der Waals surface area (Å²) in [6, 6.07) is 1.05. The van der Waals surface area contributed by atoms with E-state index >= 15 is 0 Å². The van der Waals surface area contributed by atoms with Crippen molar-refractivity contribution in [3.05, 3.63) is 32.7 Å². The van der Waals surface area contributed by atoms with Gasteiger partial charge in [-0.3, -0.25) is 9.36 Å². The zero-order valence-electron chi connectivity index (χ0n) is 12.8. The van der Waals surface area contributed by atoms with Gasteiger partial charge in [0.05, 0.1) is 5.39 Å². The fourth-order valence-electron chi connectivity index (χ4n) is 3.10. The van der Waals surface area contributed by atoms with Crippen LogP contribution in [0.1, 0.15) is 25.3 Å². The van der Waals surface area contributed by atoms with Gasteiger partial charge in [0.25, 0.3) is 5.56 Å². The molecule has 24 heavy (non-hydrogen) atoms. The topological polar surface area (TPSA) is 112 Å². The highest BCUT2D eigenvalue weighted by molar-refractivity contribution is 5.85. The number of nitrogens with zero attached hydrogens (tertiary/aromatic N) is 4. The Hall–Kier alpha value is -2.13. The third kappa shape index (κ3) is 2.44. The predicted molar refractivity (Wildman–Crippen MR) is 90.7 cm³/mol.